The minimum absolute atomic E-state index is 0.101. The summed E-state index contributed by atoms with van der Waals surface area (Å²) in [5, 5.41) is 4.17. The molecule has 1 saturated heterocycles. The van der Waals surface area contributed by atoms with Gasteiger partial charge in [0.15, 0.2) is 11.6 Å². The van der Waals surface area contributed by atoms with E-state index in [0.717, 1.165) is 31.9 Å². The predicted octanol–water partition coefficient (Wildman–Crippen LogP) is 2.94. The molecular formula is C16H19F2N3O2. The van der Waals surface area contributed by atoms with E-state index in [-0.39, 0.29) is 18.4 Å². The van der Waals surface area contributed by atoms with Crippen LogP contribution >= 0.6 is 0 Å². The smallest absolute Gasteiger partial charge is 0.158 e. The Bertz CT molecular complexity index is 669. The predicted molar refractivity (Wildman–Crippen MR) is 79.3 cm³/mol. The Morgan fingerprint density at radius 3 is 2.96 bits per heavy atom. The second-order valence-electron chi connectivity index (χ2n) is 5.59. The van der Waals surface area contributed by atoms with Crippen molar-refractivity contribution in [3.63, 3.8) is 0 Å². The zero-order valence-electron chi connectivity index (χ0n) is 13.0. The molecule has 0 N–H and O–H groups in total. The molecule has 0 bridgehead atoms. The Morgan fingerprint density at radius 1 is 1.35 bits per heavy atom. The van der Waals surface area contributed by atoms with Gasteiger partial charge in [0.1, 0.15) is 23.9 Å². The number of rotatable bonds is 5. The van der Waals surface area contributed by atoms with Crippen LogP contribution in [0.1, 0.15) is 30.9 Å². The Balaban J connectivity index is 1.70. The number of benzene rings is 1. The van der Waals surface area contributed by atoms with E-state index in [4.69, 9.17) is 9.47 Å². The summed E-state index contributed by atoms with van der Waals surface area (Å²) in [5.41, 5.74) is 0.152. The molecular weight excluding hydrogens is 304 g/mol. The van der Waals surface area contributed by atoms with Gasteiger partial charge >= 0.3 is 0 Å². The maximum atomic E-state index is 13.9. The van der Waals surface area contributed by atoms with Crippen LogP contribution in [0.25, 0.3) is 5.69 Å². The summed E-state index contributed by atoms with van der Waals surface area (Å²) < 4.78 is 39.6. The van der Waals surface area contributed by atoms with Gasteiger partial charge in [-0.15, -0.1) is 0 Å². The summed E-state index contributed by atoms with van der Waals surface area (Å²) in [5.74, 6) is -0.341. The van der Waals surface area contributed by atoms with Crippen LogP contribution in [0, 0.1) is 18.6 Å². The first-order chi connectivity index (χ1) is 11.1. The van der Waals surface area contributed by atoms with Crippen molar-refractivity contribution in [2.75, 3.05) is 13.2 Å². The van der Waals surface area contributed by atoms with Gasteiger partial charge in [0, 0.05) is 12.7 Å². The van der Waals surface area contributed by atoms with E-state index < -0.39 is 11.6 Å². The summed E-state index contributed by atoms with van der Waals surface area (Å²) in [4.78, 5) is 4.26. The molecule has 1 aromatic heterocycles. The Hall–Kier alpha value is -1.86. The van der Waals surface area contributed by atoms with E-state index in [1.54, 1.807) is 6.92 Å². The SMILES string of the molecule is Cc1nc(COCC2CCCCO2)n(-c2ccc(F)cc2F)n1. The number of hydrogen-bond donors (Lipinski definition) is 0. The van der Waals surface area contributed by atoms with E-state index in [0.29, 0.717) is 18.3 Å². The van der Waals surface area contributed by atoms with Crippen molar-refractivity contribution in [2.45, 2.75) is 38.9 Å². The van der Waals surface area contributed by atoms with E-state index in [9.17, 15) is 8.78 Å². The molecule has 1 aromatic carbocycles. The summed E-state index contributed by atoms with van der Waals surface area (Å²) >= 11 is 0. The first-order valence-electron chi connectivity index (χ1n) is 7.71. The van der Waals surface area contributed by atoms with Gasteiger partial charge in [0.2, 0.25) is 0 Å². The fraction of sp³-hybridized carbons (Fsp3) is 0.500. The Morgan fingerprint density at radius 2 is 2.22 bits per heavy atom. The summed E-state index contributed by atoms with van der Waals surface area (Å²) in [6.45, 7) is 3.14. The lowest BCUT2D eigenvalue weighted by Gasteiger charge is -2.22. The van der Waals surface area contributed by atoms with Crippen molar-refractivity contribution in [3.05, 3.63) is 41.5 Å². The van der Waals surface area contributed by atoms with Gasteiger partial charge in [-0.05, 0) is 38.3 Å². The highest BCUT2D eigenvalue weighted by atomic mass is 19.1. The van der Waals surface area contributed by atoms with Crippen LogP contribution in [0.5, 0.6) is 0 Å². The molecule has 1 aliphatic rings. The quantitative estimate of drug-likeness (QED) is 0.849. The zero-order chi connectivity index (χ0) is 16.2. The monoisotopic (exact) mass is 323 g/mol. The van der Waals surface area contributed by atoms with Crippen LogP contribution in [-0.4, -0.2) is 34.1 Å². The van der Waals surface area contributed by atoms with Crippen molar-refractivity contribution in [2.24, 2.45) is 0 Å². The van der Waals surface area contributed by atoms with Gasteiger partial charge in [-0.25, -0.2) is 18.4 Å². The molecule has 7 heteroatoms. The first kappa shape index (κ1) is 16.0. The van der Waals surface area contributed by atoms with Gasteiger partial charge in [0.05, 0.1) is 12.7 Å². The number of halogens is 2. The fourth-order valence-corrected chi connectivity index (χ4v) is 2.62. The lowest BCUT2D eigenvalue weighted by atomic mass is 10.1. The highest BCUT2D eigenvalue weighted by Crippen LogP contribution is 2.17. The second kappa shape index (κ2) is 7.14. The van der Waals surface area contributed by atoms with Crippen molar-refractivity contribution in [3.8, 4) is 5.69 Å². The number of aromatic nitrogens is 3. The minimum Gasteiger partial charge on any atom is -0.376 e. The van der Waals surface area contributed by atoms with Crippen LogP contribution in [0.4, 0.5) is 8.78 Å². The zero-order valence-corrected chi connectivity index (χ0v) is 13.0. The van der Waals surface area contributed by atoms with Crippen molar-refractivity contribution < 1.29 is 18.3 Å². The third-order valence-corrected chi connectivity index (χ3v) is 3.73. The lowest BCUT2D eigenvalue weighted by Crippen LogP contribution is -2.24. The number of ether oxygens (including phenoxy) is 2. The van der Waals surface area contributed by atoms with Gasteiger partial charge in [-0.1, -0.05) is 0 Å². The van der Waals surface area contributed by atoms with Crippen LogP contribution in [-0.2, 0) is 16.1 Å². The number of hydrogen-bond acceptors (Lipinski definition) is 4. The second-order valence-corrected chi connectivity index (χ2v) is 5.59. The Kier molecular flexibility index (Phi) is 4.97. The molecule has 124 valence electrons. The molecule has 1 aliphatic heterocycles. The molecule has 1 atom stereocenters. The highest BCUT2D eigenvalue weighted by molar-refractivity contribution is 5.33. The Labute approximate surface area is 133 Å². The highest BCUT2D eigenvalue weighted by Gasteiger charge is 2.17. The molecule has 2 heterocycles. The van der Waals surface area contributed by atoms with Crippen molar-refractivity contribution in [1.29, 1.82) is 0 Å². The maximum absolute atomic E-state index is 13.9. The third kappa shape index (κ3) is 3.92. The molecule has 23 heavy (non-hydrogen) atoms. The lowest BCUT2D eigenvalue weighted by molar-refractivity contribution is -0.0460. The van der Waals surface area contributed by atoms with Crippen molar-refractivity contribution in [1.82, 2.24) is 14.8 Å². The number of nitrogens with zero attached hydrogens (tertiary/aromatic N) is 3. The van der Waals surface area contributed by atoms with Crippen molar-refractivity contribution >= 4 is 0 Å². The maximum Gasteiger partial charge on any atom is 0.158 e. The van der Waals surface area contributed by atoms with Gasteiger partial charge in [0.25, 0.3) is 0 Å². The number of aryl methyl sites for hydroxylation is 1. The molecule has 2 aromatic rings. The fourth-order valence-electron chi connectivity index (χ4n) is 2.62. The molecule has 0 aliphatic carbocycles. The molecule has 0 spiro atoms. The summed E-state index contributed by atoms with van der Waals surface area (Å²) in [7, 11) is 0. The molecule has 1 fully saturated rings. The average molecular weight is 323 g/mol. The van der Waals surface area contributed by atoms with Gasteiger partial charge in [-0.3, -0.25) is 0 Å². The topological polar surface area (TPSA) is 49.2 Å². The molecule has 5 nitrogen and oxygen atoms in total. The van der Waals surface area contributed by atoms with E-state index in [1.165, 1.54) is 16.8 Å². The van der Waals surface area contributed by atoms with Crippen LogP contribution < -0.4 is 0 Å². The summed E-state index contributed by atoms with van der Waals surface area (Å²) in [6, 6.07) is 3.36. The van der Waals surface area contributed by atoms with E-state index in [2.05, 4.69) is 10.1 Å². The molecule has 0 radical (unpaired) electrons. The van der Waals surface area contributed by atoms with Gasteiger partial charge < -0.3 is 9.47 Å². The third-order valence-electron chi connectivity index (χ3n) is 3.73. The normalized spacial score (nSPS) is 18.3. The molecule has 3 rings (SSSR count). The molecule has 0 amide bonds. The van der Waals surface area contributed by atoms with Crippen LogP contribution in [0.2, 0.25) is 0 Å². The van der Waals surface area contributed by atoms with Crippen LogP contribution in [0.3, 0.4) is 0 Å². The molecule has 1 unspecified atom stereocenters. The largest absolute Gasteiger partial charge is 0.376 e. The van der Waals surface area contributed by atoms with E-state index >= 15 is 0 Å². The average Bonchev–Trinajstić information content (AvgIpc) is 2.89. The van der Waals surface area contributed by atoms with Gasteiger partial charge in [-0.2, -0.15) is 5.10 Å². The first-order valence-corrected chi connectivity index (χ1v) is 7.71. The standard InChI is InChI=1S/C16H19F2N3O2/c1-11-19-16(10-22-9-13-4-2-3-7-23-13)21(20-11)15-6-5-12(17)8-14(15)18/h5-6,8,13H,2-4,7,9-10H2,1H3. The van der Waals surface area contributed by atoms with E-state index in [1.807, 2.05) is 0 Å². The summed E-state index contributed by atoms with van der Waals surface area (Å²) in [6.07, 6.45) is 3.32. The minimum atomic E-state index is -0.688. The van der Waals surface area contributed by atoms with Crippen LogP contribution in [0.15, 0.2) is 18.2 Å². The molecule has 0 saturated carbocycles.